The first-order valence-electron chi connectivity index (χ1n) is 8.86. The fourth-order valence-corrected chi connectivity index (χ4v) is 2.58. The summed E-state index contributed by atoms with van der Waals surface area (Å²) in [5, 5.41) is 5.46. The van der Waals surface area contributed by atoms with E-state index in [1.807, 2.05) is 44.2 Å². The summed E-state index contributed by atoms with van der Waals surface area (Å²) < 4.78 is 10.2. The molecule has 0 aromatic heterocycles. The second-order valence-corrected chi connectivity index (χ2v) is 6.66. The summed E-state index contributed by atoms with van der Waals surface area (Å²) in [6.07, 6.45) is 0.455. The third-order valence-electron chi connectivity index (χ3n) is 3.94. The molecule has 7 heteroatoms. The van der Waals surface area contributed by atoms with E-state index >= 15 is 0 Å². The van der Waals surface area contributed by atoms with Crippen molar-refractivity contribution in [1.29, 1.82) is 0 Å². The first-order valence-corrected chi connectivity index (χ1v) is 8.86. The van der Waals surface area contributed by atoms with Crippen molar-refractivity contribution in [2.75, 3.05) is 6.61 Å². The van der Waals surface area contributed by atoms with Crippen molar-refractivity contribution >= 4 is 17.8 Å². The molecule has 1 aromatic carbocycles. The van der Waals surface area contributed by atoms with E-state index in [1.54, 1.807) is 6.92 Å². The van der Waals surface area contributed by atoms with Crippen molar-refractivity contribution < 1.29 is 23.9 Å². The number of benzene rings is 1. The summed E-state index contributed by atoms with van der Waals surface area (Å²) in [5.41, 5.74) is 0.877. The Labute approximate surface area is 153 Å². The van der Waals surface area contributed by atoms with Crippen LogP contribution in [0.3, 0.4) is 0 Å². The second kappa shape index (κ2) is 9.33. The van der Waals surface area contributed by atoms with Crippen molar-refractivity contribution in [2.24, 2.45) is 5.92 Å². The molecular formula is C19H26N2O5. The molecule has 2 N–H and O–H groups in total. The summed E-state index contributed by atoms with van der Waals surface area (Å²) in [6, 6.07) is 7.28. The van der Waals surface area contributed by atoms with Gasteiger partial charge in [-0.15, -0.1) is 0 Å². The first-order chi connectivity index (χ1) is 12.4. The van der Waals surface area contributed by atoms with Gasteiger partial charge in [-0.3, -0.25) is 14.9 Å². The van der Waals surface area contributed by atoms with Crippen LogP contribution in [0.2, 0.25) is 0 Å². The predicted molar refractivity (Wildman–Crippen MR) is 95.0 cm³/mol. The molecule has 7 nitrogen and oxygen atoms in total. The van der Waals surface area contributed by atoms with E-state index in [1.165, 1.54) is 0 Å². The molecular weight excluding hydrogens is 336 g/mol. The van der Waals surface area contributed by atoms with Gasteiger partial charge in [0.15, 0.2) is 0 Å². The first kappa shape index (κ1) is 19.9. The van der Waals surface area contributed by atoms with Gasteiger partial charge >= 0.3 is 11.9 Å². The van der Waals surface area contributed by atoms with E-state index < -0.39 is 36.0 Å². The van der Waals surface area contributed by atoms with Crippen molar-refractivity contribution in [3.63, 3.8) is 0 Å². The predicted octanol–water partition coefficient (Wildman–Crippen LogP) is 1.16. The van der Waals surface area contributed by atoms with Crippen LogP contribution in [0.4, 0.5) is 0 Å². The highest BCUT2D eigenvalue weighted by Crippen LogP contribution is 2.15. The Morgan fingerprint density at radius 3 is 2.42 bits per heavy atom. The van der Waals surface area contributed by atoms with Crippen LogP contribution in [0.25, 0.3) is 0 Å². The van der Waals surface area contributed by atoms with Crippen LogP contribution in [-0.2, 0) is 30.5 Å². The molecule has 1 heterocycles. The molecule has 1 aromatic rings. The van der Waals surface area contributed by atoms with Crippen molar-refractivity contribution in [2.45, 2.75) is 51.9 Å². The monoisotopic (exact) mass is 362 g/mol. The molecule has 2 rings (SSSR count). The maximum absolute atomic E-state index is 12.4. The topological polar surface area (TPSA) is 104 Å². The number of amides is 1. The SMILES string of the molecule is CCOC(=O)C1NC1C(=O)N[C@H](CC(C)C)C(=O)OCc1ccccc1. The normalized spacial score (nSPS) is 19.5. The molecule has 0 saturated carbocycles. The van der Waals surface area contributed by atoms with Crippen LogP contribution >= 0.6 is 0 Å². The third kappa shape index (κ3) is 5.84. The number of hydrogen-bond donors (Lipinski definition) is 2. The van der Waals surface area contributed by atoms with Gasteiger partial charge in [0.05, 0.1) is 6.61 Å². The number of nitrogens with one attached hydrogen (secondary N) is 2. The lowest BCUT2D eigenvalue weighted by Gasteiger charge is -2.19. The molecule has 0 spiro atoms. The Bertz CT molecular complexity index is 632. The number of hydrogen-bond acceptors (Lipinski definition) is 6. The van der Waals surface area contributed by atoms with E-state index in [0.29, 0.717) is 6.42 Å². The van der Waals surface area contributed by atoms with Gasteiger partial charge in [-0.1, -0.05) is 44.2 Å². The highest BCUT2D eigenvalue weighted by atomic mass is 16.5. The van der Waals surface area contributed by atoms with E-state index in [9.17, 15) is 14.4 Å². The largest absolute Gasteiger partial charge is 0.465 e. The quantitative estimate of drug-likeness (QED) is 0.505. The number of carbonyl (C=O) groups is 3. The lowest BCUT2D eigenvalue weighted by atomic mass is 10.0. The Balaban J connectivity index is 1.89. The lowest BCUT2D eigenvalue weighted by molar-refractivity contribution is -0.149. The minimum absolute atomic E-state index is 0.150. The molecule has 0 bridgehead atoms. The zero-order valence-corrected chi connectivity index (χ0v) is 15.4. The maximum atomic E-state index is 12.4. The third-order valence-corrected chi connectivity index (χ3v) is 3.94. The number of esters is 2. The second-order valence-electron chi connectivity index (χ2n) is 6.66. The summed E-state index contributed by atoms with van der Waals surface area (Å²) in [5.74, 6) is -1.15. The summed E-state index contributed by atoms with van der Waals surface area (Å²) in [7, 11) is 0. The van der Waals surface area contributed by atoms with Gasteiger partial charge < -0.3 is 14.8 Å². The van der Waals surface area contributed by atoms with E-state index in [4.69, 9.17) is 9.47 Å². The molecule has 1 amide bonds. The van der Waals surface area contributed by atoms with Gasteiger partial charge in [0.2, 0.25) is 5.91 Å². The van der Waals surface area contributed by atoms with E-state index in [0.717, 1.165) is 5.56 Å². The standard InChI is InChI=1S/C19H26N2O5/c1-4-25-19(24)16-15(21-16)17(22)20-14(10-12(2)3)18(23)26-11-13-8-6-5-7-9-13/h5-9,12,14-16,21H,4,10-11H2,1-3H3,(H,20,22)/t14-,15?,16?/m1/s1. The van der Waals surface area contributed by atoms with Crippen LogP contribution in [0.5, 0.6) is 0 Å². The van der Waals surface area contributed by atoms with Crippen LogP contribution in [0.1, 0.15) is 32.8 Å². The molecule has 0 radical (unpaired) electrons. The maximum Gasteiger partial charge on any atom is 0.328 e. The zero-order chi connectivity index (χ0) is 19.1. The molecule has 3 atom stereocenters. The zero-order valence-electron chi connectivity index (χ0n) is 15.4. The fourth-order valence-electron chi connectivity index (χ4n) is 2.58. The van der Waals surface area contributed by atoms with Gasteiger partial charge in [-0.2, -0.15) is 0 Å². The smallest absolute Gasteiger partial charge is 0.328 e. The number of rotatable bonds is 9. The van der Waals surface area contributed by atoms with Crippen LogP contribution in [0.15, 0.2) is 30.3 Å². The average Bonchev–Trinajstić information content (AvgIpc) is 3.41. The van der Waals surface area contributed by atoms with Gasteiger partial charge in [0.1, 0.15) is 24.7 Å². The van der Waals surface area contributed by atoms with Crippen molar-refractivity contribution in [3.05, 3.63) is 35.9 Å². The molecule has 1 aliphatic heterocycles. The minimum atomic E-state index is -0.753. The number of ether oxygens (including phenoxy) is 2. The fraction of sp³-hybridized carbons (Fsp3) is 0.526. The Morgan fingerprint density at radius 2 is 1.81 bits per heavy atom. The highest BCUT2D eigenvalue weighted by Gasteiger charge is 2.49. The Hall–Kier alpha value is -2.41. The Kier molecular flexibility index (Phi) is 7.15. The van der Waals surface area contributed by atoms with E-state index in [-0.39, 0.29) is 19.1 Å². The molecule has 1 aliphatic rings. The average molecular weight is 362 g/mol. The van der Waals surface area contributed by atoms with Gasteiger partial charge in [-0.05, 0) is 24.8 Å². The van der Waals surface area contributed by atoms with Crippen molar-refractivity contribution in [3.8, 4) is 0 Å². The molecule has 2 unspecified atom stereocenters. The minimum Gasteiger partial charge on any atom is -0.465 e. The Morgan fingerprint density at radius 1 is 1.12 bits per heavy atom. The van der Waals surface area contributed by atoms with E-state index in [2.05, 4.69) is 10.6 Å². The number of carbonyl (C=O) groups excluding carboxylic acids is 3. The van der Waals surface area contributed by atoms with Crippen LogP contribution < -0.4 is 10.6 Å². The molecule has 1 saturated heterocycles. The molecule has 26 heavy (non-hydrogen) atoms. The molecule has 1 fully saturated rings. The summed E-state index contributed by atoms with van der Waals surface area (Å²) >= 11 is 0. The summed E-state index contributed by atoms with van der Waals surface area (Å²) in [4.78, 5) is 36.3. The lowest BCUT2D eigenvalue weighted by Crippen LogP contribution is -2.45. The van der Waals surface area contributed by atoms with Gasteiger partial charge in [-0.25, -0.2) is 4.79 Å². The van der Waals surface area contributed by atoms with Gasteiger partial charge in [0, 0.05) is 0 Å². The molecule has 0 aliphatic carbocycles. The van der Waals surface area contributed by atoms with Gasteiger partial charge in [0.25, 0.3) is 0 Å². The van der Waals surface area contributed by atoms with Crippen molar-refractivity contribution in [1.82, 2.24) is 10.6 Å². The van der Waals surface area contributed by atoms with Crippen LogP contribution in [-0.4, -0.2) is 42.6 Å². The summed E-state index contributed by atoms with van der Waals surface area (Å²) in [6.45, 7) is 6.03. The molecule has 142 valence electrons. The highest BCUT2D eigenvalue weighted by molar-refractivity contribution is 5.97. The van der Waals surface area contributed by atoms with Crippen LogP contribution in [0, 0.1) is 5.92 Å².